The molecule has 120 valence electrons. The minimum absolute atomic E-state index is 0.108. The second kappa shape index (κ2) is 6.34. The van der Waals surface area contributed by atoms with Crippen LogP contribution in [-0.2, 0) is 14.3 Å². The number of rotatable bonds is 2. The predicted octanol–water partition coefficient (Wildman–Crippen LogP) is 2.21. The first-order chi connectivity index (χ1) is 10.3. The van der Waals surface area contributed by atoms with Gasteiger partial charge in [0.15, 0.2) is 0 Å². The molecule has 22 heavy (non-hydrogen) atoms. The molecule has 0 spiro atoms. The van der Waals surface area contributed by atoms with Crippen LogP contribution >= 0.6 is 0 Å². The van der Waals surface area contributed by atoms with Crippen LogP contribution in [-0.4, -0.2) is 47.7 Å². The van der Waals surface area contributed by atoms with E-state index in [1.165, 1.54) is 7.11 Å². The molecule has 1 aromatic rings. The van der Waals surface area contributed by atoms with E-state index < -0.39 is 11.7 Å². The van der Waals surface area contributed by atoms with E-state index in [1.807, 2.05) is 32.9 Å². The highest BCUT2D eigenvalue weighted by Crippen LogP contribution is 2.34. The van der Waals surface area contributed by atoms with E-state index in [0.717, 1.165) is 5.56 Å². The van der Waals surface area contributed by atoms with Gasteiger partial charge in [-0.1, -0.05) is 0 Å². The van der Waals surface area contributed by atoms with Crippen molar-refractivity contribution in [1.82, 2.24) is 9.88 Å². The largest absolute Gasteiger partial charge is 0.469 e. The third-order valence-electron chi connectivity index (χ3n) is 3.61. The Morgan fingerprint density at radius 3 is 2.41 bits per heavy atom. The summed E-state index contributed by atoms with van der Waals surface area (Å²) in [5.41, 5.74) is 0.406. The van der Waals surface area contributed by atoms with Crippen molar-refractivity contribution in [3.05, 3.63) is 30.1 Å². The van der Waals surface area contributed by atoms with E-state index in [4.69, 9.17) is 9.47 Å². The molecule has 1 aromatic heterocycles. The third kappa shape index (κ3) is 3.75. The van der Waals surface area contributed by atoms with Crippen molar-refractivity contribution >= 4 is 12.1 Å². The summed E-state index contributed by atoms with van der Waals surface area (Å²) in [6, 6.07) is 3.72. The minimum Gasteiger partial charge on any atom is -0.469 e. The molecule has 0 bridgehead atoms. The summed E-state index contributed by atoms with van der Waals surface area (Å²) < 4.78 is 10.3. The van der Waals surface area contributed by atoms with Crippen LogP contribution in [0.1, 0.15) is 32.3 Å². The summed E-state index contributed by atoms with van der Waals surface area (Å²) in [6.07, 6.45) is 2.96. The molecule has 1 amide bonds. The van der Waals surface area contributed by atoms with Crippen LogP contribution in [0.15, 0.2) is 24.5 Å². The quantitative estimate of drug-likeness (QED) is 0.784. The number of hydrogen-bond acceptors (Lipinski definition) is 5. The number of nitrogens with zero attached hydrogens (tertiary/aromatic N) is 2. The zero-order valence-corrected chi connectivity index (χ0v) is 13.4. The number of carbonyl (C=O) groups excluding carboxylic acids is 2. The first-order valence-electron chi connectivity index (χ1n) is 7.27. The third-order valence-corrected chi connectivity index (χ3v) is 3.61. The number of methoxy groups -OCH3 is 1. The average Bonchev–Trinajstić information content (AvgIpc) is 2.91. The van der Waals surface area contributed by atoms with Gasteiger partial charge in [-0.25, -0.2) is 4.79 Å². The second-order valence-electron chi connectivity index (χ2n) is 6.40. The summed E-state index contributed by atoms with van der Waals surface area (Å²) in [6.45, 7) is 6.19. The van der Waals surface area contributed by atoms with Gasteiger partial charge >= 0.3 is 12.1 Å². The smallest absolute Gasteiger partial charge is 0.410 e. The van der Waals surface area contributed by atoms with Gasteiger partial charge in [0, 0.05) is 31.4 Å². The highest BCUT2D eigenvalue weighted by molar-refractivity contribution is 5.77. The molecule has 0 radical (unpaired) electrons. The number of hydrogen-bond donors (Lipinski definition) is 0. The molecular formula is C16H22N2O4. The normalized spacial score (nSPS) is 21.5. The molecule has 6 heteroatoms. The molecule has 2 atom stereocenters. The summed E-state index contributed by atoms with van der Waals surface area (Å²) in [7, 11) is 1.36. The Kier molecular flexibility index (Phi) is 4.68. The maximum absolute atomic E-state index is 12.2. The molecule has 1 saturated heterocycles. The first-order valence-corrected chi connectivity index (χ1v) is 7.27. The van der Waals surface area contributed by atoms with E-state index in [2.05, 4.69) is 4.98 Å². The molecular weight excluding hydrogens is 284 g/mol. The predicted molar refractivity (Wildman–Crippen MR) is 80.3 cm³/mol. The van der Waals surface area contributed by atoms with Crippen molar-refractivity contribution < 1.29 is 19.1 Å². The van der Waals surface area contributed by atoms with E-state index in [0.29, 0.717) is 13.1 Å². The van der Waals surface area contributed by atoms with Crippen LogP contribution in [0.25, 0.3) is 0 Å². The van der Waals surface area contributed by atoms with Crippen LogP contribution < -0.4 is 0 Å². The Balaban J connectivity index is 2.18. The maximum Gasteiger partial charge on any atom is 0.410 e. The number of ether oxygens (including phenoxy) is 2. The summed E-state index contributed by atoms with van der Waals surface area (Å²) in [5, 5.41) is 0. The standard InChI is InChI=1S/C16H22N2O4/c1-16(2,3)22-15(20)18-9-12(11-5-7-17-8-6-11)13(10-18)14(19)21-4/h5-8,12-13H,9-10H2,1-4H3/t12?,13-/m1/s1. The second-order valence-corrected chi connectivity index (χ2v) is 6.40. The lowest BCUT2D eigenvalue weighted by Gasteiger charge is -2.24. The lowest BCUT2D eigenvalue weighted by Crippen LogP contribution is -2.36. The van der Waals surface area contributed by atoms with Crippen molar-refractivity contribution in [1.29, 1.82) is 0 Å². The van der Waals surface area contributed by atoms with Crippen molar-refractivity contribution in [3.63, 3.8) is 0 Å². The Hall–Kier alpha value is -2.11. The van der Waals surface area contributed by atoms with Crippen molar-refractivity contribution in [3.8, 4) is 0 Å². The number of amides is 1. The lowest BCUT2D eigenvalue weighted by molar-refractivity contribution is -0.145. The molecule has 1 aliphatic heterocycles. The van der Waals surface area contributed by atoms with Gasteiger partial charge in [0.2, 0.25) is 0 Å². The van der Waals surface area contributed by atoms with E-state index in [-0.39, 0.29) is 17.8 Å². The van der Waals surface area contributed by atoms with Gasteiger partial charge in [-0.3, -0.25) is 9.78 Å². The van der Waals surface area contributed by atoms with Crippen LogP contribution in [0.4, 0.5) is 4.79 Å². The Morgan fingerprint density at radius 1 is 1.23 bits per heavy atom. The summed E-state index contributed by atoms with van der Waals surface area (Å²) in [5.74, 6) is -0.809. The fraction of sp³-hybridized carbons (Fsp3) is 0.562. The SMILES string of the molecule is COC(=O)[C@@H]1CN(C(=O)OC(C)(C)C)CC1c1ccncc1. The molecule has 1 fully saturated rings. The Morgan fingerprint density at radius 2 is 1.86 bits per heavy atom. The molecule has 0 aromatic carbocycles. The number of pyridine rings is 1. The monoisotopic (exact) mass is 306 g/mol. The topological polar surface area (TPSA) is 68.7 Å². The van der Waals surface area contributed by atoms with E-state index in [1.54, 1.807) is 17.3 Å². The molecule has 2 rings (SSSR count). The van der Waals surface area contributed by atoms with Crippen molar-refractivity contribution in [2.45, 2.75) is 32.3 Å². The molecule has 0 N–H and O–H groups in total. The number of esters is 1. The molecule has 2 heterocycles. The highest BCUT2D eigenvalue weighted by Gasteiger charge is 2.42. The molecule has 0 aliphatic carbocycles. The number of aromatic nitrogens is 1. The summed E-state index contributed by atoms with van der Waals surface area (Å²) >= 11 is 0. The van der Waals surface area contributed by atoms with Crippen LogP contribution in [0, 0.1) is 5.92 Å². The van der Waals surface area contributed by atoms with Gasteiger partial charge in [-0.15, -0.1) is 0 Å². The Bertz CT molecular complexity index is 539. The van der Waals surface area contributed by atoms with Crippen molar-refractivity contribution in [2.75, 3.05) is 20.2 Å². The van der Waals surface area contributed by atoms with Gasteiger partial charge < -0.3 is 14.4 Å². The molecule has 1 aliphatic rings. The van der Waals surface area contributed by atoms with Crippen LogP contribution in [0.3, 0.4) is 0 Å². The van der Waals surface area contributed by atoms with Gasteiger partial charge in [-0.05, 0) is 38.5 Å². The fourth-order valence-electron chi connectivity index (χ4n) is 2.62. The van der Waals surface area contributed by atoms with Gasteiger partial charge in [0.05, 0.1) is 13.0 Å². The van der Waals surface area contributed by atoms with E-state index >= 15 is 0 Å². The van der Waals surface area contributed by atoms with Crippen molar-refractivity contribution in [2.24, 2.45) is 5.92 Å². The van der Waals surface area contributed by atoms with E-state index in [9.17, 15) is 9.59 Å². The maximum atomic E-state index is 12.2. The van der Waals surface area contributed by atoms with Crippen LogP contribution in [0.5, 0.6) is 0 Å². The number of carbonyl (C=O) groups is 2. The van der Waals surface area contributed by atoms with Gasteiger partial charge in [0.25, 0.3) is 0 Å². The zero-order chi connectivity index (χ0) is 16.3. The molecule has 0 saturated carbocycles. The average molecular weight is 306 g/mol. The number of likely N-dealkylation sites (tertiary alicyclic amines) is 1. The van der Waals surface area contributed by atoms with Crippen LogP contribution in [0.2, 0.25) is 0 Å². The highest BCUT2D eigenvalue weighted by atomic mass is 16.6. The van der Waals surface area contributed by atoms with Gasteiger partial charge in [0.1, 0.15) is 5.60 Å². The Labute approximate surface area is 130 Å². The first kappa shape index (κ1) is 16.3. The lowest BCUT2D eigenvalue weighted by atomic mass is 9.90. The summed E-state index contributed by atoms with van der Waals surface area (Å²) in [4.78, 5) is 29.8. The molecule has 6 nitrogen and oxygen atoms in total. The molecule has 1 unspecified atom stereocenters. The minimum atomic E-state index is -0.563. The zero-order valence-electron chi connectivity index (χ0n) is 13.4. The fourth-order valence-corrected chi connectivity index (χ4v) is 2.62. The van der Waals surface area contributed by atoms with Gasteiger partial charge in [-0.2, -0.15) is 0 Å².